The number of furan rings is 1. The van der Waals surface area contributed by atoms with E-state index in [0.717, 1.165) is 30.1 Å². The lowest BCUT2D eigenvalue weighted by molar-refractivity contribution is 0.0214. The van der Waals surface area contributed by atoms with Gasteiger partial charge in [-0.1, -0.05) is 0 Å². The fourth-order valence-electron chi connectivity index (χ4n) is 2.05. The van der Waals surface area contributed by atoms with Crippen molar-refractivity contribution < 1.29 is 18.5 Å². The molecule has 19 heavy (non-hydrogen) atoms. The second-order valence-corrected chi connectivity index (χ2v) is 6.48. The van der Waals surface area contributed by atoms with Gasteiger partial charge < -0.3 is 19.6 Å². The summed E-state index contributed by atoms with van der Waals surface area (Å²) < 4.78 is 21.7. The van der Waals surface area contributed by atoms with Gasteiger partial charge in [0, 0.05) is 34.9 Å². The largest absolute Gasteiger partial charge is 0.467 e. The molecule has 2 N–H and O–H groups in total. The van der Waals surface area contributed by atoms with E-state index >= 15 is 0 Å². The van der Waals surface area contributed by atoms with Gasteiger partial charge in [-0.15, -0.1) is 0 Å². The zero-order valence-electron chi connectivity index (χ0n) is 10.9. The average Bonchev–Trinajstić information content (AvgIpc) is 2.91. The highest BCUT2D eigenvalue weighted by Gasteiger charge is 2.18. The standard InChI is InChI=1S/C13H21NO4S/c15-12(9-17-10-13-2-1-5-18-13)8-14-11-3-6-19(16)7-4-11/h1-2,5,11-12,14-15H,3-4,6-10H2. The highest BCUT2D eigenvalue weighted by molar-refractivity contribution is 7.85. The first-order valence-corrected chi connectivity index (χ1v) is 8.09. The summed E-state index contributed by atoms with van der Waals surface area (Å²) in [5.74, 6) is 2.29. The van der Waals surface area contributed by atoms with E-state index in [2.05, 4.69) is 5.32 Å². The average molecular weight is 287 g/mol. The molecule has 1 aromatic heterocycles. The van der Waals surface area contributed by atoms with Gasteiger partial charge in [0.25, 0.3) is 0 Å². The number of aliphatic hydroxyl groups is 1. The fraction of sp³-hybridized carbons (Fsp3) is 0.692. The maximum atomic E-state index is 11.2. The van der Waals surface area contributed by atoms with Crippen molar-refractivity contribution in [2.75, 3.05) is 24.7 Å². The van der Waals surface area contributed by atoms with Crippen LogP contribution in [0, 0.1) is 0 Å². The Morgan fingerprint density at radius 2 is 2.32 bits per heavy atom. The second-order valence-electron chi connectivity index (χ2n) is 4.78. The molecular formula is C13H21NO4S. The van der Waals surface area contributed by atoms with Crippen molar-refractivity contribution in [2.45, 2.75) is 31.6 Å². The van der Waals surface area contributed by atoms with Crippen molar-refractivity contribution in [1.82, 2.24) is 5.32 Å². The van der Waals surface area contributed by atoms with Gasteiger partial charge in [-0.3, -0.25) is 4.21 Å². The third-order valence-electron chi connectivity index (χ3n) is 3.16. The van der Waals surface area contributed by atoms with Crippen molar-refractivity contribution in [1.29, 1.82) is 0 Å². The van der Waals surface area contributed by atoms with E-state index in [1.54, 1.807) is 6.26 Å². The van der Waals surface area contributed by atoms with Gasteiger partial charge in [0.1, 0.15) is 12.4 Å². The number of rotatable bonds is 7. The Labute approximate surface area is 115 Å². The normalized spacial score (nSPS) is 25.3. The Morgan fingerprint density at radius 3 is 3.00 bits per heavy atom. The molecule has 0 spiro atoms. The first-order chi connectivity index (χ1) is 9.24. The zero-order chi connectivity index (χ0) is 13.5. The van der Waals surface area contributed by atoms with Gasteiger partial charge in [-0.25, -0.2) is 0 Å². The Bertz CT molecular complexity index is 372. The monoisotopic (exact) mass is 287 g/mol. The molecule has 0 aliphatic carbocycles. The van der Waals surface area contributed by atoms with Crippen molar-refractivity contribution >= 4 is 10.8 Å². The molecular weight excluding hydrogens is 266 g/mol. The van der Waals surface area contributed by atoms with E-state index in [4.69, 9.17) is 9.15 Å². The van der Waals surface area contributed by atoms with Gasteiger partial charge in [0.05, 0.1) is 19.0 Å². The lowest BCUT2D eigenvalue weighted by Crippen LogP contribution is -2.41. The third-order valence-corrected chi connectivity index (χ3v) is 4.55. The summed E-state index contributed by atoms with van der Waals surface area (Å²) in [6.45, 7) is 1.17. The number of hydrogen-bond donors (Lipinski definition) is 2. The zero-order valence-corrected chi connectivity index (χ0v) is 11.7. The minimum Gasteiger partial charge on any atom is -0.467 e. The van der Waals surface area contributed by atoms with Gasteiger partial charge in [0.15, 0.2) is 0 Å². The fourth-order valence-corrected chi connectivity index (χ4v) is 3.35. The van der Waals surface area contributed by atoms with Crippen LogP contribution in [0.15, 0.2) is 22.8 Å². The molecule has 1 aliphatic heterocycles. The van der Waals surface area contributed by atoms with Crippen LogP contribution in [-0.2, 0) is 22.1 Å². The lowest BCUT2D eigenvalue weighted by atomic mass is 10.1. The molecule has 1 atom stereocenters. The molecule has 0 aromatic carbocycles. The highest BCUT2D eigenvalue weighted by atomic mass is 32.2. The maximum Gasteiger partial charge on any atom is 0.129 e. The summed E-state index contributed by atoms with van der Waals surface area (Å²) in [6, 6.07) is 4.02. The van der Waals surface area contributed by atoms with E-state index < -0.39 is 16.9 Å². The molecule has 2 rings (SSSR count). The topological polar surface area (TPSA) is 71.7 Å². The van der Waals surface area contributed by atoms with Crippen LogP contribution in [0.1, 0.15) is 18.6 Å². The number of aliphatic hydroxyl groups excluding tert-OH is 1. The van der Waals surface area contributed by atoms with Crippen LogP contribution in [0.4, 0.5) is 0 Å². The summed E-state index contributed by atoms with van der Waals surface area (Å²) in [4.78, 5) is 0. The molecule has 2 heterocycles. The first kappa shape index (κ1) is 14.7. The maximum absolute atomic E-state index is 11.2. The number of hydrogen-bond acceptors (Lipinski definition) is 5. The van der Waals surface area contributed by atoms with Crippen molar-refractivity contribution in [3.63, 3.8) is 0 Å². The molecule has 1 aliphatic rings. The van der Waals surface area contributed by atoms with Crippen LogP contribution in [0.3, 0.4) is 0 Å². The Hall–Kier alpha value is -0.690. The van der Waals surface area contributed by atoms with Crippen LogP contribution in [-0.4, -0.2) is 46.1 Å². The Balaban J connectivity index is 1.54. The lowest BCUT2D eigenvalue weighted by Gasteiger charge is -2.23. The smallest absolute Gasteiger partial charge is 0.129 e. The quantitative estimate of drug-likeness (QED) is 0.771. The predicted molar refractivity (Wildman–Crippen MR) is 73.3 cm³/mol. The van der Waals surface area contributed by atoms with Crippen LogP contribution in [0.5, 0.6) is 0 Å². The molecule has 0 amide bonds. The molecule has 1 saturated heterocycles. The minimum atomic E-state index is -0.635. The van der Waals surface area contributed by atoms with E-state index in [9.17, 15) is 9.32 Å². The van der Waals surface area contributed by atoms with Crippen LogP contribution >= 0.6 is 0 Å². The Kier molecular flexibility index (Phi) is 6.03. The summed E-state index contributed by atoms with van der Waals surface area (Å²) >= 11 is 0. The molecule has 1 fully saturated rings. The summed E-state index contributed by atoms with van der Waals surface area (Å²) in [5, 5.41) is 13.1. The van der Waals surface area contributed by atoms with Crippen LogP contribution < -0.4 is 5.32 Å². The molecule has 5 nitrogen and oxygen atoms in total. The summed E-state index contributed by atoms with van der Waals surface area (Å²) in [6.07, 6.45) is 2.92. The van der Waals surface area contributed by atoms with E-state index in [-0.39, 0.29) is 6.61 Å². The van der Waals surface area contributed by atoms with E-state index in [1.807, 2.05) is 12.1 Å². The van der Waals surface area contributed by atoms with E-state index in [0.29, 0.717) is 19.2 Å². The molecule has 1 unspecified atom stereocenters. The van der Waals surface area contributed by atoms with Crippen molar-refractivity contribution in [2.24, 2.45) is 0 Å². The molecule has 0 saturated carbocycles. The van der Waals surface area contributed by atoms with Crippen molar-refractivity contribution in [3.05, 3.63) is 24.2 Å². The van der Waals surface area contributed by atoms with Gasteiger partial charge in [0.2, 0.25) is 0 Å². The van der Waals surface area contributed by atoms with E-state index in [1.165, 1.54) is 0 Å². The van der Waals surface area contributed by atoms with Gasteiger partial charge >= 0.3 is 0 Å². The SMILES string of the molecule is O=S1CCC(NCC(O)COCc2ccco2)CC1. The van der Waals surface area contributed by atoms with Gasteiger partial charge in [-0.05, 0) is 25.0 Å². The number of ether oxygens (including phenoxy) is 1. The molecule has 108 valence electrons. The second kappa shape index (κ2) is 7.79. The van der Waals surface area contributed by atoms with Crippen LogP contribution in [0.2, 0.25) is 0 Å². The Morgan fingerprint density at radius 1 is 1.53 bits per heavy atom. The van der Waals surface area contributed by atoms with Gasteiger partial charge in [-0.2, -0.15) is 0 Å². The van der Waals surface area contributed by atoms with Crippen LogP contribution in [0.25, 0.3) is 0 Å². The number of nitrogens with one attached hydrogen (secondary N) is 1. The highest BCUT2D eigenvalue weighted by Crippen LogP contribution is 2.09. The molecule has 0 bridgehead atoms. The molecule has 6 heteroatoms. The molecule has 1 aromatic rings. The van der Waals surface area contributed by atoms with Crippen molar-refractivity contribution in [3.8, 4) is 0 Å². The summed E-state index contributed by atoms with van der Waals surface area (Å²) in [7, 11) is -0.635. The predicted octanol–water partition coefficient (Wildman–Crippen LogP) is 0.658. The summed E-state index contributed by atoms with van der Waals surface area (Å²) in [5.41, 5.74) is 0. The minimum absolute atomic E-state index is 0.284. The first-order valence-electron chi connectivity index (χ1n) is 6.60. The third kappa shape index (κ3) is 5.44. The molecule has 0 radical (unpaired) electrons.